The number of rotatable bonds is 2. The molecule has 2 aliphatic rings. The molecule has 0 amide bonds. The van der Waals surface area contributed by atoms with Crippen molar-refractivity contribution in [3.8, 4) is 0 Å². The van der Waals surface area contributed by atoms with Gasteiger partial charge in [0.1, 0.15) is 0 Å². The van der Waals surface area contributed by atoms with Gasteiger partial charge in [0.05, 0.1) is 6.04 Å². The lowest BCUT2D eigenvalue weighted by Gasteiger charge is -2.33. The molecule has 1 atom stereocenters. The molecule has 0 bridgehead atoms. The predicted molar refractivity (Wildman–Crippen MR) is 106 cm³/mol. The number of aromatic nitrogens is 1. The van der Waals surface area contributed by atoms with Gasteiger partial charge >= 0.3 is 0 Å². The van der Waals surface area contributed by atoms with E-state index in [2.05, 4.69) is 53.0 Å². The molecule has 3 aromatic rings. The van der Waals surface area contributed by atoms with Gasteiger partial charge in [-0.2, -0.15) is 0 Å². The maximum Gasteiger partial charge on any atom is 0.0507 e. The minimum atomic E-state index is 0.598. The van der Waals surface area contributed by atoms with E-state index in [0.717, 1.165) is 6.54 Å². The molecule has 1 aliphatic carbocycles. The van der Waals surface area contributed by atoms with E-state index in [-0.39, 0.29) is 0 Å². The van der Waals surface area contributed by atoms with E-state index in [1.165, 1.54) is 60.8 Å². The third kappa shape index (κ3) is 2.48. The van der Waals surface area contributed by atoms with Gasteiger partial charge in [-0.25, -0.2) is 0 Å². The van der Waals surface area contributed by atoms with Gasteiger partial charge in [0, 0.05) is 41.1 Å². The zero-order chi connectivity index (χ0) is 17.0. The molecule has 0 saturated heterocycles. The first-order chi connectivity index (χ1) is 12.2. The van der Waals surface area contributed by atoms with E-state index >= 15 is 0 Å². The first kappa shape index (κ1) is 15.7. The van der Waals surface area contributed by atoms with Crippen LogP contribution >= 0.6 is 11.3 Å². The van der Waals surface area contributed by atoms with E-state index in [4.69, 9.17) is 0 Å². The Bertz CT molecular complexity index is 929. The van der Waals surface area contributed by atoms with E-state index in [9.17, 15) is 0 Å². The summed E-state index contributed by atoms with van der Waals surface area (Å²) < 4.78 is 2.66. The Morgan fingerprint density at radius 2 is 2.04 bits per heavy atom. The zero-order valence-electron chi connectivity index (χ0n) is 15.2. The Kier molecular flexibility index (Phi) is 3.76. The van der Waals surface area contributed by atoms with Crippen LogP contribution in [0.1, 0.15) is 52.6 Å². The fourth-order valence-corrected chi connectivity index (χ4v) is 5.86. The van der Waals surface area contributed by atoms with Gasteiger partial charge in [0.15, 0.2) is 0 Å². The van der Waals surface area contributed by atoms with E-state index < -0.39 is 0 Å². The molecular formula is C22H26N2S. The van der Waals surface area contributed by atoms with Crippen LogP contribution in [0.2, 0.25) is 0 Å². The smallest absolute Gasteiger partial charge is 0.0507 e. The second-order valence-electron chi connectivity index (χ2n) is 7.79. The van der Waals surface area contributed by atoms with Crippen LogP contribution in [0.15, 0.2) is 29.6 Å². The Balaban J connectivity index is 1.63. The SMILES string of the molecule is Cc1ccc2c(c1)c1c3n2CCCN(Cc2sccc2C)[C@@H]3CCC1. The quantitative estimate of drug-likeness (QED) is 0.584. The first-order valence-electron chi connectivity index (χ1n) is 9.61. The first-order valence-corrected chi connectivity index (χ1v) is 10.5. The normalized spacial score (nSPS) is 20.6. The van der Waals surface area contributed by atoms with Crippen molar-refractivity contribution in [2.75, 3.05) is 6.54 Å². The molecular weight excluding hydrogens is 324 g/mol. The Hall–Kier alpha value is -1.58. The number of fused-ring (bicyclic) bond motifs is 3. The lowest BCUT2D eigenvalue weighted by Crippen LogP contribution is -2.30. The fourth-order valence-electron chi connectivity index (χ4n) is 4.93. The van der Waals surface area contributed by atoms with Crippen molar-refractivity contribution < 1.29 is 0 Å². The molecule has 2 nitrogen and oxygen atoms in total. The molecule has 3 heterocycles. The highest BCUT2D eigenvalue weighted by molar-refractivity contribution is 7.10. The van der Waals surface area contributed by atoms with Crippen molar-refractivity contribution in [1.82, 2.24) is 9.47 Å². The Morgan fingerprint density at radius 1 is 1.12 bits per heavy atom. The average Bonchev–Trinajstić information content (AvgIpc) is 3.08. The molecule has 0 unspecified atom stereocenters. The minimum absolute atomic E-state index is 0.598. The largest absolute Gasteiger partial charge is 0.343 e. The van der Waals surface area contributed by atoms with E-state index in [0.29, 0.717) is 6.04 Å². The van der Waals surface area contributed by atoms with Crippen molar-refractivity contribution in [1.29, 1.82) is 0 Å². The molecule has 130 valence electrons. The molecule has 0 fully saturated rings. The van der Waals surface area contributed by atoms with E-state index in [1.807, 2.05) is 11.3 Å². The van der Waals surface area contributed by atoms with Crippen LogP contribution in [0.4, 0.5) is 0 Å². The molecule has 1 aliphatic heterocycles. The van der Waals surface area contributed by atoms with Crippen LogP contribution in [0.5, 0.6) is 0 Å². The average molecular weight is 351 g/mol. The molecule has 0 spiro atoms. The Morgan fingerprint density at radius 3 is 2.88 bits per heavy atom. The summed E-state index contributed by atoms with van der Waals surface area (Å²) in [6.45, 7) is 7.99. The van der Waals surface area contributed by atoms with Crippen molar-refractivity contribution in [3.05, 3.63) is 56.9 Å². The van der Waals surface area contributed by atoms with Crippen molar-refractivity contribution >= 4 is 22.2 Å². The van der Waals surface area contributed by atoms with Crippen LogP contribution in [0.25, 0.3) is 10.9 Å². The predicted octanol–water partition coefficient (Wildman–Crippen LogP) is 5.60. The molecule has 5 rings (SSSR count). The van der Waals surface area contributed by atoms with Gasteiger partial charge in [-0.3, -0.25) is 4.90 Å². The molecule has 25 heavy (non-hydrogen) atoms. The van der Waals surface area contributed by atoms with Gasteiger partial charge < -0.3 is 4.57 Å². The number of aryl methyl sites for hydroxylation is 4. The van der Waals surface area contributed by atoms with Crippen LogP contribution in [-0.2, 0) is 19.5 Å². The molecule has 0 N–H and O–H groups in total. The summed E-state index contributed by atoms with van der Waals surface area (Å²) in [4.78, 5) is 4.32. The van der Waals surface area contributed by atoms with E-state index in [1.54, 1.807) is 16.1 Å². The monoisotopic (exact) mass is 350 g/mol. The highest BCUT2D eigenvalue weighted by Crippen LogP contribution is 2.43. The summed E-state index contributed by atoms with van der Waals surface area (Å²) in [6, 6.07) is 9.93. The van der Waals surface area contributed by atoms with Crippen LogP contribution in [0, 0.1) is 13.8 Å². The number of nitrogens with zero attached hydrogens (tertiary/aromatic N) is 2. The summed E-state index contributed by atoms with van der Waals surface area (Å²) >= 11 is 1.92. The lowest BCUT2D eigenvalue weighted by molar-refractivity contribution is 0.175. The highest BCUT2D eigenvalue weighted by atomic mass is 32.1. The van der Waals surface area contributed by atoms with Crippen LogP contribution in [-0.4, -0.2) is 16.0 Å². The summed E-state index contributed by atoms with van der Waals surface area (Å²) in [7, 11) is 0. The standard InChI is InChI=1S/C22H26N2S/c1-15-7-8-19-18(13-15)17-5-3-6-20-22(17)24(19)11-4-10-23(20)14-21-16(2)9-12-25-21/h7-9,12-13,20H,3-6,10-11,14H2,1-2H3/t20-/m1/s1. The van der Waals surface area contributed by atoms with Crippen LogP contribution < -0.4 is 0 Å². The summed E-state index contributed by atoms with van der Waals surface area (Å²) in [5, 5.41) is 3.77. The third-order valence-electron chi connectivity index (χ3n) is 6.17. The zero-order valence-corrected chi connectivity index (χ0v) is 16.0. The van der Waals surface area contributed by atoms with Gasteiger partial charge in [-0.15, -0.1) is 11.3 Å². The molecule has 2 aromatic heterocycles. The minimum Gasteiger partial charge on any atom is -0.343 e. The molecule has 0 radical (unpaired) electrons. The van der Waals surface area contributed by atoms with Gasteiger partial charge in [0.25, 0.3) is 0 Å². The molecule has 3 heteroatoms. The topological polar surface area (TPSA) is 8.17 Å². The second kappa shape index (κ2) is 6.00. The van der Waals surface area contributed by atoms with Crippen molar-refractivity contribution in [3.63, 3.8) is 0 Å². The maximum atomic E-state index is 2.77. The molecule has 0 saturated carbocycles. The van der Waals surface area contributed by atoms with Crippen molar-refractivity contribution in [2.45, 2.75) is 58.7 Å². The number of thiophene rings is 1. The molecule has 1 aromatic carbocycles. The summed E-state index contributed by atoms with van der Waals surface area (Å²) in [5.74, 6) is 0. The maximum absolute atomic E-state index is 2.77. The lowest BCUT2D eigenvalue weighted by atomic mass is 9.90. The number of hydrogen-bond acceptors (Lipinski definition) is 2. The third-order valence-corrected chi connectivity index (χ3v) is 7.18. The number of hydrogen-bond donors (Lipinski definition) is 0. The second-order valence-corrected chi connectivity index (χ2v) is 8.80. The highest BCUT2D eigenvalue weighted by Gasteiger charge is 2.33. The Labute approximate surface area is 154 Å². The van der Waals surface area contributed by atoms with Gasteiger partial charge in [-0.1, -0.05) is 11.6 Å². The van der Waals surface area contributed by atoms with Gasteiger partial charge in [0.2, 0.25) is 0 Å². The summed E-state index contributed by atoms with van der Waals surface area (Å²) in [5.41, 5.74) is 7.60. The van der Waals surface area contributed by atoms with Crippen LogP contribution in [0.3, 0.4) is 0 Å². The number of benzene rings is 1. The van der Waals surface area contributed by atoms with Crippen molar-refractivity contribution in [2.24, 2.45) is 0 Å². The fraction of sp³-hybridized carbons (Fsp3) is 0.455. The summed E-state index contributed by atoms with van der Waals surface area (Å²) in [6.07, 6.45) is 5.15. The van der Waals surface area contributed by atoms with Gasteiger partial charge in [-0.05, 0) is 74.2 Å².